The molecule has 0 aliphatic heterocycles. The number of unbranched alkanes of at least 4 members (excludes halogenated alkanes) is 1. The van der Waals surface area contributed by atoms with Crippen LogP contribution in [0.4, 0.5) is 0 Å². The molecule has 0 saturated heterocycles. The molecule has 0 amide bonds. The number of esters is 1. The lowest BCUT2D eigenvalue weighted by Gasteiger charge is -2.28. The highest BCUT2D eigenvalue weighted by Gasteiger charge is 2.29. The molecule has 0 saturated carbocycles. The fraction of sp³-hybridized carbons (Fsp3) is 0.719. The molecule has 0 aromatic carbocycles. The van der Waals surface area contributed by atoms with E-state index in [1.165, 1.54) is 29.2 Å². The van der Waals surface area contributed by atoms with E-state index in [-0.39, 0.29) is 5.97 Å². The first-order chi connectivity index (χ1) is 17.0. The third-order valence-electron chi connectivity index (χ3n) is 6.74. The van der Waals surface area contributed by atoms with Gasteiger partial charge < -0.3 is 20.1 Å². The number of carbonyl (C=O) groups excluding carboxylic acids is 1. The van der Waals surface area contributed by atoms with Crippen molar-refractivity contribution in [2.75, 3.05) is 0 Å². The Bertz CT molecular complexity index is 787. The first kappa shape index (κ1) is 35.3. The molecule has 5 nitrogen and oxygen atoms in total. The van der Waals surface area contributed by atoms with E-state index < -0.39 is 23.4 Å². The molecule has 37 heavy (non-hydrogen) atoms. The number of hydrogen-bond donors (Lipinski definition) is 3. The molecule has 0 aromatic rings. The van der Waals surface area contributed by atoms with Crippen LogP contribution in [0.15, 0.2) is 46.6 Å². The van der Waals surface area contributed by atoms with Crippen molar-refractivity contribution in [2.45, 2.75) is 150 Å². The van der Waals surface area contributed by atoms with Crippen LogP contribution in [-0.2, 0) is 9.53 Å². The molecule has 214 valence electrons. The van der Waals surface area contributed by atoms with Gasteiger partial charge >= 0.3 is 5.97 Å². The average Bonchev–Trinajstić information content (AvgIpc) is 2.76. The van der Waals surface area contributed by atoms with Gasteiger partial charge in [0.15, 0.2) is 0 Å². The zero-order chi connectivity index (χ0) is 28.6. The highest BCUT2D eigenvalue weighted by molar-refractivity contribution is 5.66. The van der Waals surface area contributed by atoms with E-state index in [0.29, 0.717) is 12.8 Å². The van der Waals surface area contributed by atoms with Crippen LogP contribution < -0.4 is 0 Å². The molecule has 0 aromatic heterocycles. The fourth-order valence-electron chi connectivity index (χ4n) is 3.99. The van der Waals surface area contributed by atoms with Gasteiger partial charge in [0.25, 0.3) is 0 Å². The quantitative estimate of drug-likeness (QED) is 0.0989. The van der Waals surface area contributed by atoms with E-state index in [4.69, 9.17) is 4.74 Å². The van der Waals surface area contributed by atoms with Crippen molar-refractivity contribution in [1.82, 2.24) is 0 Å². The largest absolute Gasteiger partial charge is 0.460 e. The summed E-state index contributed by atoms with van der Waals surface area (Å²) in [6.45, 7) is 16.6. The molecule has 5 heteroatoms. The van der Waals surface area contributed by atoms with Gasteiger partial charge in [-0.3, -0.25) is 4.79 Å². The summed E-state index contributed by atoms with van der Waals surface area (Å²) in [7, 11) is 0. The van der Waals surface area contributed by atoms with Crippen molar-refractivity contribution in [2.24, 2.45) is 0 Å². The second kappa shape index (κ2) is 17.8. The predicted octanol–water partition coefficient (Wildman–Crippen LogP) is 7.51. The van der Waals surface area contributed by atoms with Crippen LogP contribution in [-0.4, -0.2) is 44.7 Å². The van der Waals surface area contributed by atoms with Crippen LogP contribution in [0.3, 0.4) is 0 Å². The topological polar surface area (TPSA) is 87.0 Å². The minimum absolute atomic E-state index is 0.359. The van der Waals surface area contributed by atoms with Crippen LogP contribution >= 0.6 is 0 Å². The van der Waals surface area contributed by atoms with Crippen LogP contribution in [0.5, 0.6) is 0 Å². The SMILES string of the molecule is CC(=O)OC(CCC(C)=CCCC(C)=CCCC=C(C)CCC=C(C)CCC(O)C(C)(C)O)C(C)(C)O. The second-order valence-corrected chi connectivity index (χ2v) is 11.9. The number of hydrogen-bond acceptors (Lipinski definition) is 5. The number of rotatable bonds is 18. The van der Waals surface area contributed by atoms with Crippen LogP contribution in [0, 0.1) is 0 Å². The maximum Gasteiger partial charge on any atom is 0.303 e. The maximum absolute atomic E-state index is 11.3. The Kier molecular flexibility index (Phi) is 16.9. The van der Waals surface area contributed by atoms with Gasteiger partial charge in [-0.15, -0.1) is 0 Å². The van der Waals surface area contributed by atoms with E-state index >= 15 is 0 Å². The van der Waals surface area contributed by atoms with Gasteiger partial charge in [0.2, 0.25) is 0 Å². The summed E-state index contributed by atoms with van der Waals surface area (Å²) in [6.07, 6.45) is 16.9. The molecule has 2 unspecified atom stereocenters. The summed E-state index contributed by atoms with van der Waals surface area (Å²) in [5.74, 6) is -0.359. The molecular formula is C32H56O5. The number of ether oxygens (including phenoxy) is 1. The van der Waals surface area contributed by atoms with Crippen molar-refractivity contribution in [3.05, 3.63) is 46.6 Å². The molecule has 0 aliphatic rings. The Morgan fingerprint density at radius 3 is 1.41 bits per heavy atom. The zero-order valence-electron chi connectivity index (χ0n) is 25.2. The van der Waals surface area contributed by atoms with Gasteiger partial charge in [-0.25, -0.2) is 0 Å². The van der Waals surface area contributed by atoms with E-state index in [1.54, 1.807) is 27.7 Å². The van der Waals surface area contributed by atoms with Crippen molar-refractivity contribution in [3.63, 3.8) is 0 Å². The number of aliphatic hydroxyl groups excluding tert-OH is 1. The Morgan fingerprint density at radius 1 is 0.649 bits per heavy atom. The van der Waals surface area contributed by atoms with Gasteiger partial charge in [0.05, 0.1) is 17.3 Å². The van der Waals surface area contributed by atoms with Crippen LogP contribution in [0.25, 0.3) is 0 Å². The molecule has 0 heterocycles. The van der Waals surface area contributed by atoms with Crippen molar-refractivity contribution < 1.29 is 24.9 Å². The lowest BCUT2D eigenvalue weighted by molar-refractivity contribution is -0.159. The first-order valence-corrected chi connectivity index (χ1v) is 13.9. The monoisotopic (exact) mass is 520 g/mol. The van der Waals surface area contributed by atoms with Crippen LogP contribution in [0.2, 0.25) is 0 Å². The molecule has 3 N–H and O–H groups in total. The lowest BCUT2D eigenvalue weighted by atomic mass is 9.95. The second-order valence-electron chi connectivity index (χ2n) is 11.9. The molecule has 0 bridgehead atoms. The maximum atomic E-state index is 11.3. The predicted molar refractivity (Wildman–Crippen MR) is 155 cm³/mol. The highest BCUT2D eigenvalue weighted by Crippen LogP contribution is 2.21. The van der Waals surface area contributed by atoms with E-state index in [0.717, 1.165) is 51.4 Å². The third-order valence-corrected chi connectivity index (χ3v) is 6.74. The number of aliphatic hydroxyl groups is 3. The first-order valence-electron chi connectivity index (χ1n) is 13.9. The normalized spacial score (nSPS) is 16.1. The smallest absolute Gasteiger partial charge is 0.303 e. The van der Waals surface area contributed by atoms with Gasteiger partial charge in [0, 0.05) is 6.92 Å². The van der Waals surface area contributed by atoms with E-state index in [2.05, 4.69) is 52.0 Å². The third kappa shape index (κ3) is 19.1. The Morgan fingerprint density at radius 2 is 1.03 bits per heavy atom. The lowest BCUT2D eigenvalue weighted by Crippen LogP contribution is -2.39. The van der Waals surface area contributed by atoms with Crippen LogP contribution in [0.1, 0.15) is 127 Å². The average molecular weight is 521 g/mol. The molecule has 0 rings (SSSR count). The number of allylic oxidation sites excluding steroid dienone is 8. The fourth-order valence-corrected chi connectivity index (χ4v) is 3.99. The van der Waals surface area contributed by atoms with Crippen molar-refractivity contribution in [1.29, 1.82) is 0 Å². The minimum Gasteiger partial charge on any atom is -0.460 e. The summed E-state index contributed by atoms with van der Waals surface area (Å²) in [6, 6.07) is 0. The van der Waals surface area contributed by atoms with Gasteiger partial charge in [-0.05, 0) is 120 Å². The van der Waals surface area contributed by atoms with Crippen molar-refractivity contribution in [3.8, 4) is 0 Å². The summed E-state index contributed by atoms with van der Waals surface area (Å²) in [4.78, 5) is 11.3. The molecular weight excluding hydrogens is 464 g/mol. The van der Waals surface area contributed by atoms with Gasteiger partial charge in [0.1, 0.15) is 6.10 Å². The Hall–Kier alpha value is -1.69. The molecule has 0 aliphatic carbocycles. The summed E-state index contributed by atoms with van der Waals surface area (Å²) < 4.78 is 5.29. The standard InChI is InChI=1S/C32H56O5/c1-24(16-12-18-26(3)20-22-29(34)31(6,7)35)14-10-11-15-25(2)17-13-19-27(4)21-23-30(32(8,9)36)37-28(5)33/h14-15,18-19,29-30,34-36H,10-13,16-17,20-23H2,1-9H3. The molecule has 2 atom stereocenters. The summed E-state index contributed by atoms with van der Waals surface area (Å²) >= 11 is 0. The van der Waals surface area contributed by atoms with E-state index in [9.17, 15) is 20.1 Å². The zero-order valence-corrected chi connectivity index (χ0v) is 25.2. The van der Waals surface area contributed by atoms with Gasteiger partial charge in [-0.1, -0.05) is 46.6 Å². The summed E-state index contributed by atoms with van der Waals surface area (Å²) in [5, 5.41) is 30.0. The Balaban J connectivity index is 4.31. The summed E-state index contributed by atoms with van der Waals surface area (Å²) in [5.41, 5.74) is 3.24. The highest BCUT2D eigenvalue weighted by atomic mass is 16.6. The molecule has 0 radical (unpaired) electrons. The number of carbonyl (C=O) groups is 1. The minimum atomic E-state index is -1.05. The Labute approximate surface area is 227 Å². The van der Waals surface area contributed by atoms with E-state index in [1.807, 2.05) is 0 Å². The van der Waals surface area contributed by atoms with Crippen molar-refractivity contribution >= 4 is 5.97 Å². The molecule has 0 fully saturated rings. The molecule has 0 spiro atoms. The van der Waals surface area contributed by atoms with Gasteiger partial charge in [-0.2, -0.15) is 0 Å².